The Hall–Kier alpha value is -1.44. The average molecular weight is 950 g/mol. The van der Waals surface area contributed by atoms with E-state index in [9.17, 15) is 0 Å². The monoisotopic (exact) mass is 944 g/mol. The maximum absolute atomic E-state index is 5.93. The number of fused-ring (bicyclic) bond motifs is 1. The van der Waals surface area contributed by atoms with Gasteiger partial charge in [-0.1, -0.05) is 176 Å². The van der Waals surface area contributed by atoms with Crippen molar-refractivity contribution < 1.29 is 14.2 Å². The van der Waals surface area contributed by atoms with Gasteiger partial charge in [0.2, 0.25) is 15.2 Å². The normalized spacial score (nSPS) is 12.4. The van der Waals surface area contributed by atoms with E-state index in [4.69, 9.17) is 153 Å². The first-order valence-corrected chi connectivity index (χ1v) is 18.5. The number of hydrogen-bond acceptors (Lipinski definition) is 9. The fraction of sp³-hybridized carbons (Fsp3) is 0.226. The second-order valence-electron chi connectivity index (χ2n) is 9.95. The molecule has 21 heteroatoms. The maximum atomic E-state index is 5.93. The van der Waals surface area contributed by atoms with E-state index in [2.05, 4.69) is 29.9 Å². The quantitative estimate of drug-likeness (QED) is 0.154. The first-order chi connectivity index (χ1) is 24.1. The van der Waals surface area contributed by atoms with Crippen LogP contribution in [0, 0.1) is 0 Å². The highest BCUT2D eigenvalue weighted by Gasteiger charge is 2.35. The molecule has 0 saturated heterocycles. The van der Waals surface area contributed by atoms with Gasteiger partial charge in [-0.15, -0.1) is 0 Å². The van der Waals surface area contributed by atoms with E-state index in [1.165, 1.54) is 7.11 Å². The summed E-state index contributed by atoms with van der Waals surface area (Å²) in [5, 5.41) is 1.68. The van der Waals surface area contributed by atoms with E-state index < -0.39 is 15.2 Å². The second-order valence-corrected chi connectivity index (χ2v) is 19.1. The zero-order chi connectivity index (χ0) is 38.6. The first-order valence-electron chi connectivity index (χ1n) is 13.9. The molecular formula is C31H20Cl12N6O3. The number of alkyl halides is 12. The van der Waals surface area contributed by atoms with Crippen LogP contribution in [0.1, 0.15) is 34.7 Å². The highest BCUT2D eigenvalue weighted by Crippen LogP contribution is 2.43. The number of aromatic nitrogens is 6. The van der Waals surface area contributed by atoms with Crippen molar-refractivity contribution in [3.05, 3.63) is 89.3 Å². The number of rotatable bonds is 6. The molecule has 2 heterocycles. The van der Waals surface area contributed by atoms with Crippen LogP contribution in [0.25, 0.3) is 34.3 Å². The number of benzene rings is 3. The zero-order valence-corrected chi connectivity index (χ0v) is 35.4. The molecule has 0 radical (unpaired) electrons. The third kappa shape index (κ3) is 11.3. The Bertz CT molecular complexity index is 2020. The summed E-state index contributed by atoms with van der Waals surface area (Å²) in [5.74, 6) is 1.61. The molecule has 0 aliphatic rings. The van der Waals surface area contributed by atoms with Crippen molar-refractivity contribution >= 4 is 162 Å². The standard InChI is InChI=1S/C16H9Cl6N3O.C15H11Cl6N3O2/c1-26-11-7-6-10(8-4-2-3-5-9(8)11)12-23-13(15(17,18)19)25-14(24-12)16(20,21)22;1-25-9-5-3-8(7-10(9)26-2)4-6-11-22-12(14(16,17)18)24-13(23-11)15(19,20)21/h2-7H,1H3;3-7H,1-2H3. The van der Waals surface area contributed by atoms with Gasteiger partial charge in [-0.05, 0) is 41.3 Å². The minimum atomic E-state index is -1.91. The van der Waals surface area contributed by atoms with Crippen LogP contribution in [0.4, 0.5) is 0 Å². The predicted octanol–water partition coefficient (Wildman–Crippen LogP) is 12.1. The van der Waals surface area contributed by atoms with Gasteiger partial charge in [0.05, 0.1) is 21.3 Å². The van der Waals surface area contributed by atoms with E-state index in [1.807, 2.05) is 30.3 Å². The van der Waals surface area contributed by atoms with Gasteiger partial charge in [0.25, 0.3) is 0 Å². The SMILES string of the molecule is COc1ccc(-c2nc(C(Cl)(Cl)Cl)nc(C(Cl)(Cl)Cl)n2)c2ccccc12.COc1ccc(C=Cc2nc(C(Cl)(Cl)Cl)nc(C(Cl)(Cl)Cl)n2)cc1OC. The minimum Gasteiger partial charge on any atom is -0.496 e. The van der Waals surface area contributed by atoms with E-state index in [0.29, 0.717) is 22.8 Å². The lowest BCUT2D eigenvalue weighted by molar-refractivity contribution is 0.355. The molecule has 0 atom stereocenters. The summed E-state index contributed by atoms with van der Waals surface area (Å²) in [4.78, 5) is 24.5. The lowest BCUT2D eigenvalue weighted by Gasteiger charge is -2.16. The van der Waals surface area contributed by atoms with Gasteiger partial charge in [-0.25, -0.2) is 29.9 Å². The average Bonchev–Trinajstić information content (AvgIpc) is 3.08. The van der Waals surface area contributed by atoms with Crippen molar-refractivity contribution in [1.82, 2.24) is 29.9 Å². The predicted molar refractivity (Wildman–Crippen MR) is 215 cm³/mol. The fourth-order valence-electron chi connectivity index (χ4n) is 4.24. The molecule has 0 unspecified atom stereocenters. The van der Waals surface area contributed by atoms with Crippen molar-refractivity contribution in [1.29, 1.82) is 0 Å². The van der Waals surface area contributed by atoms with Gasteiger partial charge in [0.15, 0.2) is 46.4 Å². The van der Waals surface area contributed by atoms with Crippen LogP contribution in [0.15, 0.2) is 54.6 Å². The Morgan fingerprint density at radius 3 is 1.37 bits per heavy atom. The van der Waals surface area contributed by atoms with E-state index >= 15 is 0 Å². The number of ether oxygens (including phenoxy) is 3. The van der Waals surface area contributed by atoms with Crippen LogP contribution in [-0.4, -0.2) is 51.2 Å². The molecule has 52 heavy (non-hydrogen) atoms. The van der Waals surface area contributed by atoms with Crippen molar-refractivity contribution in [2.45, 2.75) is 15.2 Å². The molecule has 5 rings (SSSR count). The van der Waals surface area contributed by atoms with Crippen LogP contribution in [0.5, 0.6) is 17.2 Å². The Morgan fingerprint density at radius 2 is 0.904 bits per heavy atom. The molecule has 0 saturated carbocycles. The summed E-state index contributed by atoms with van der Waals surface area (Å²) in [7, 11) is 4.68. The number of methoxy groups -OCH3 is 3. The second kappa shape index (κ2) is 17.6. The molecule has 9 nitrogen and oxygen atoms in total. The van der Waals surface area contributed by atoms with Gasteiger partial charge in [-0.2, -0.15) is 0 Å². The molecule has 2 aromatic heterocycles. The van der Waals surface area contributed by atoms with Crippen molar-refractivity contribution in [3.63, 3.8) is 0 Å². The highest BCUT2D eigenvalue weighted by molar-refractivity contribution is 6.68. The lowest BCUT2D eigenvalue weighted by atomic mass is 10.0. The third-order valence-corrected chi connectivity index (χ3v) is 8.51. The van der Waals surface area contributed by atoms with Crippen LogP contribution >= 0.6 is 139 Å². The third-order valence-electron chi connectivity index (χ3n) is 6.48. The summed E-state index contributed by atoms with van der Waals surface area (Å²) < 4.78 is 8.21. The van der Waals surface area contributed by atoms with Crippen LogP contribution in [0.2, 0.25) is 0 Å². The molecule has 5 aromatic rings. The van der Waals surface area contributed by atoms with Crippen molar-refractivity contribution in [3.8, 4) is 28.6 Å². The zero-order valence-electron chi connectivity index (χ0n) is 26.3. The Morgan fingerprint density at radius 1 is 0.462 bits per heavy atom. The Kier molecular flexibility index (Phi) is 14.6. The van der Waals surface area contributed by atoms with E-state index in [1.54, 1.807) is 50.6 Å². The summed E-state index contributed by atoms with van der Waals surface area (Å²) in [6, 6.07) is 16.5. The summed E-state index contributed by atoms with van der Waals surface area (Å²) >= 11 is 70.6. The Balaban J connectivity index is 0.000000233. The van der Waals surface area contributed by atoms with Gasteiger partial charge < -0.3 is 14.2 Å². The lowest BCUT2D eigenvalue weighted by Crippen LogP contribution is -2.16. The van der Waals surface area contributed by atoms with Gasteiger partial charge in [0, 0.05) is 10.9 Å². The number of hydrogen-bond donors (Lipinski definition) is 0. The largest absolute Gasteiger partial charge is 0.496 e. The number of nitrogens with zero attached hydrogens (tertiary/aromatic N) is 6. The summed E-state index contributed by atoms with van der Waals surface area (Å²) in [6.45, 7) is 0. The molecular weight excluding hydrogens is 930 g/mol. The summed E-state index contributed by atoms with van der Waals surface area (Å²) in [5.41, 5.74) is 1.43. The van der Waals surface area contributed by atoms with Crippen LogP contribution < -0.4 is 14.2 Å². The van der Waals surface area contributed by atoms with Crippen LogP contribution in [-0.2, 0) is 15.2 Å². The Labute approximate surface area is 357 Å². The molecule has 0 fully saturated rings. The van der Waals surface area contributed by atoms with Crippen molar-refractivity contribution in [2.75, 3.05) is 21.3 Å². The van der Waals surface area contributed by atoms with Gasteiger partial charge in [0.1, 0.15) is 5.75 Å². The molecule has 0 N–H and O–H groups in total. The topological polar surface area (TPSA) is 105 Å². The maximum Gasteiger partial charge on any atom is 0.250 e. The van der Waals surface area contributed by atoms with E-state index in [-0.39, 0.29) is 34.9 Å². The fourth-order valence-corrected chi connectivity index (χ4v) is 5.26. The van der Waals surface area contributed by atoms with Gasteiger partial charge >= 0.3 is 0 Å². The smallest absolute Gasteiger partial charge is 0.250 e. The first kappa shape index (κ1) is 43.3. The molecule has 0 bridgehead atoms. The highest BCUT2D eigenvalue weighted by atomic mass is 35.6. The molecule has 0 aliphatic heterocycles. The summed E-state index contributed by atoms with van der Waals surface area (Å²) in [6.07, 6.45) is 3.27. The van der Waals surface area contributed by atoms with E-state index in [0.717, 1.165) is 16.3 Å². The molecule has 0 spiro atoms. The van der Waals surface area contributed by atoms with Crippen LogP contribution in [0.3, 0.4) is 0 Å². The molecule has 0 amide bonds. The number of halogens is 12. The molecule has 276 valence electrons. The van der Waals surface area contributed by atoms with Gasteiger partial charge in [-0.3, -0.25) is 0 Å². The van der Waals surface area contributed by atoms with Crippen molar-refractivity contribution in [2.24, 2.45) is 0 Å². The molecule has 0 aliphatic carbocycles. The molecule has 3 aromatic carbocycles. The minimum absolute atomic E-state index is 0.145.